The predicted octanol–water partition coefficient (Wildman–Crippen LogP) is 2.38. The van der Waals surface area contributed by atoms with Crippen LogP contribution in [0.1, 0.15) is 51.9 Å². The third kappa shape index (κ3) is 12.5. The highest BCUT2D eigenvalue weighted by molar-refractivity contribution is 7.88. The van der Waals surface area contributed by atoms with Crippen molar-refractivity contribution in [2.24, 2.45) is 0 Å². The standard InChI is InChI=1S/C20H34N2O6S/c1-3-27-20(24)12-6-4-5-7-14-22(29(2,25)26)15-9-10-18(23)17-28-19-11-8-13-21-16-19/h8,11,13,16,18,23H,3-7,9-10,12,14-15,17H2,1-2H3. The van der Waals surface area contributed by atoms with Crippen LogP contribution in [-0.4, -0.2) is 67.4 Å². The Bertz CT molecular complexity index is 669. The molecule has 0 amide bonds. The summed E-state index contributed by atoms with van der Waals surface area (Å²) >= 11 is 0. The van der Waals surface area contributed by atoms with Crippen LogP contribution in [0.5, 0.6) is 5.75 Å². The molecule has 0 fully saturated rings. The van der Waals surface area contributed by atoms with Crippen LogP contribution in [0.15, 0.2) is 24.5 Å². The first kappa shape index (κ1) is 25.3. The second-order valence-electron chi connectivity index (χ2n) is 6.93. The van der Waals surface area contributed by atoms with E-state index in [-0.39, 0.29) is 12.6 Å². The lowest BCUT2D eigenvalue weighted by Crippen LogP contribution is -2.32. The summed E-state index contributed by atoms with van der Waals surface area (Å²) in [5, 5.41) is 10.0. The third-order valence-corrected chi connectivity index (χ3v) is 5.64. The Morgan fingerprint density at radius 2 is 1.93 bits per heavy atom. The van der Waals surface area contributed by atoms with Crippen LogP contribution in [0.25, 0.3) is 0 Å². The number of carbonyl (C=O) groups excluding carboxylic acids is 1. The van der Waals surface area contributed by atoms with Crippen LogP contribution in [0.4, 0.5) is 0 Å². The fourth-order valence-corrected chi connectivity index (χ4v) is 3.72. The number of hydrogen-bond donors (Lipinski definition) is 1. The first-order valence-corrected chi connectivity index (χ1v) is 12.0. The van der Waals surface area contributed by atoms with Gasteiger partial charge in [0.1, 0.15) is 12.4 Å². The average Bonchev–Trinajstić information content (AvgIpc) is 2.67. The van der Waals surface area contributed by atoms with Gasteiger partial charge in [0, 0.05) is 25.7 Å². The molecule has 1 aromatic heterocycles. The molecule has 1 rings (SSSR count). The molecule has 1 N–H and O–H groups in total. The fraction of sp³-hybridized carbons (Fsp3) is 0.700. The van der Waals surface area contributed by atoms with Crippen molar-refractivity contribution >= 4 is 16.0 Å². The topological polar surface area (TPSA) is 106 Å². The van der Waals surface area contributed by atoms with Crippen molar-refractivity contribution < 1.29 is 27.8 Å². The number of esters is 1. The maximum atomic E-state index is 12.0. The third-order valence-electron chi connectivity index (χ3n) is 4.33. The van der Waals surface area contributed by atoms with Gasteiger partial charge in [0.25, 0.3) is 0 Å². The minimum absolute atomic E-state index is 0.144. The lowest BCUT2D eigenvalue weighted by Gasteiger charge is -2.20. The number of sulfonamides is 1. The molecule has 166 valence electrons. The van der Waals surface area contributed by atoms with Gasteiger partial charge in [0.05, 0.1) is 25.2 Å². The molecule has 9 heteroatoms. The number of unbranched alkanes of at least 4 members (excludes halogenated alkanes) is 3. The average molecular weight is 431 g/mol. The van der Waals surface area contributed by atoms with Gasteiger partial charge in [-0.15, -0.1) is 0 Å². The van der Waals surface area contributed by atoms with E-state index in [0.29, 0.717) is 44.7 Å². The van der Waals surface area contributed by atoms with E-state index in [1.165, 1.54) is 10.6 Å². The summed E-state index contributed by atoms with van der Waals surface area (Å²) in [5.41, 5.74) is 0. The smallest absolute Gasteiger partial charge is 0.305 e. The number of rotatable bonds is 16. The van der Waals surface area contributed by atoms with Crippen LogP contribution in [-0.2, 0) is 19.6 Å². The predicted molar refractivity (Wildman–Crippen MR) is 111 cm³/mol. The first-order valence-electron chi connectivity index (χ1n) is 10.1. The Hall–Kier alpha value is -1.71. The van der Waals surface area contributed by atoms with E-state index < -0.39 is 16.1 Å². The number of aromatic nitrogens is 1. The number of hydrogen-bond acceptors (Lipinski definition) is 7. The summed E-state index contributed by atoms with van der Waals surface area (Å²) in [6.45, 7) is 3.13. The molecule has 1 unspecified atom stereocenters. The number of ether oxygens (including phenoxy) is 2. The second kappa shape index (κ2) is 14.3. The number of nitrogens with zero attached hydrogens (tertiary/aromatic N) is 2. The second-order valence-corrected chi connectivity index (χ2v) is 8.91. The molecule has 0 aliphatic carbocycles. The van der Waals surface area contributed by atoms with Gasteiger partial charge in [-0.2, -0.15) is 0 Å². The summed E-state index contributed by atoms with van der Waals surface area (Å²) in [6, 6.07) is 3.51. The van der Waals surface area contributed by atoms with Crippen molar-refractivity contribution in [1.82, 2.24) is 9.29 Å². The molecule has 1 heterocycles. The van der Waals surface area contributed by atoms with Crippen molar-refractivity contribution in [3.05, 3.63) is 24.5 Å². The van der Waals surface area contributed by atoms with Crippen molar-refractivity contribution in [3.63, 3.8) is 0 Å². The monoisotopic (exact) mass is 430 g/mol. The van der Waals surface area contributed by atoms with Crippen LogP contribution in [0.3, 0.4) is 0 Å². The minimum Gasteiger partial charge on any atom is -0.489 e. The molecular formula is C20H34N2O6S. The molecule has 1 atom stereocenters. The number of aliphatic hydroxyl groups is 1. The molecule has 8 nitrogen and oxygen atoms in total. The van der Waals surface area contributed by atoms with Crippen molar-refractivity contribution in [1.29, 1.82) is 0 Å². The largest absolute Gasteiger partial charge is 0.489 e. The molecule has 29 heavy (non-hydrogen) atoms. The normalized spacial score (nSPS) is 12.7. The number of pyridine rings is 1. The van der Waals surface area contributed by atoms with Crippen LogP contribution in [0.2, 0.25) is 0 Å². The summed E-state index contributed by atoms with van der Waals surface area (Å²) in [6.07, 6.45) is 8.36. The molecule has 0 radical (unpaired) electrons. The van der Waals surface area contributed by atoms with E-state index in [4.69, 9.17) is 9.47 Å². The lowest BCUT2D eigenvalue weighted by molar-refractivity contribution is -0.143. The highest BCUT2D eigenvalue weighted by Gasteiger charge is 2.16. The SMILES string of the molecule is CCOC(=O)CCCCCCN(CCCC(O)COc1cccnc1)S(C)(=O)=O. The molecule has 0 saturated carbocycles. The summed E-state index contributed by atoms with van der Waals surface area (Å²) < 4.78 is 35.7. The Morgan fingerprint density at radius 3 is 2.59 bits per heavy atom. The van der Waals surface area contributed by atoms with E-state index in [2.05, 4.69) is 4.98 Å². The van der Waals surface area contributed by atoms with Gasteiger partial charge < -0.3 is 14.6 Å². The zero-order valence-corrected chi connectivity index (χ0v) is 18.3. The van der Waals surface area contributed by atoms with Gasteiger partial charge >= 0.3 is 5.97 Å². The molecule has 0 spiro atoms. The van der Waals surface area contributed by atoms with Crippen LogP contribution < -0.4 is 4.74 Å². The summed E-state index contributed by atoms with van der Waals surface area (Å²) in [5.74, 6) is 0.406. The zero-order valence-electron chi connectivity index (χ0n) is 17.5. The minimum atomic E-state index is -3.29. The highest BCUT2D eigenvalue weighted by Crippen LogP contribution is 2.11. The quantitative estimate of drug-likeness (QED) is 0.317. The van der Waals surface area contributed by atoms with Gasteiger partial charge in [-0.25, -0.2) is 12.7 Å². The number of aliphatic hydroxyl groups excluding tert-OH is 1. The van der Waals surface area contributed by atoms with E-state index in [1.54, 1.807) is 31.5 Å². The Balaban J connectivity index is 2.21. The number of carbonyl (C=O) groups is 1. The van der Waals surface area contributed by atoms with E-state index in [9.17, 15) is 18.3 Å². The fourth-order valence-electron chi connectivity index (χ4n) is 2.80. The Labute approximate surface area is 174 Å². The van der Waals surface area contributed by atoms with Gasteiger partial charge in [-0.05, 0) is 44.7 Å². The van der Waals surface area contributed by atoms with Gasteiger partial charge in [-0.1, -0.05) is 12.8 Å². The van der Waals surface area contributed by atoms with Crippen LogP contribution in [0, 0.1) is 0 Å². The maximum Gasteiger partial charge on any atom is 0.305 e. The van der Waals surface area contributed by atoms with Gasteiger partial charge in [-0.3, -0.25) is 9.78 Å². The van der Waals surface area contributed by atoms with Gasteiger partial charge in [0.15, 0.2) is 0 Å². The van der Waals surface area contributed by atoms with E-state index >= 15 is 0 Å². The summed E-state index contributed by atoms with van der Waals surface area (Å²) in [4.78, 5) is 15.2. The Kier molecular flexibility index (Phi) is 12.5. The van der Waals surface area contributed by atoms with Crippen molar-refractivity contribution in [2.45, 2.75) is 58.0 Å². The summed E-state index contributed by atoms with van der Waals surface area (Å²) in [7, 11) is -3.29. The van der Waals surface area contributed by atoms with Crippen molar-refractivity contribution in [2.75, 3.05) is 32.6 Å². The maximum absolute atomic E-state index is 12.0. The molecule has 1 aromatic rings. The van der Waals surface area contributed by atoms with Crippen molar-refractivity contribution in [3.8, 4) is 5.75 Å². The van der Waals surface area contributed by atoms with E-state index in [0.717, 1.165) is 25.7 Å². The molecule has 0 bridgehead atoms. The van der Waals surface area contributed by atoms with Gasteiger partial charge in [0.2, 0.25) is 10.0 Å². The zero-order chi connectivity index (χ0) is 21.5. The molecule has 0 aliphatic rings. The molecule has 0 aromatic carbocycles. The van der Waals surface area contributed by atoms with E-state index in [1.807, 2.05) is 0 Å². The molecule has 0 aliphatic heterocycles. The molecular weight excluding hydrogens is 396 g/mol. The highest BCUT2D eigenvalue weighted by atomic mass is 32.2. The van der Waals surface area contributed by atoms with Crippen LogP contribution >= 0.6 is 0 Å². The lowest BCUT2D eigenvalue weighted by atomic mass is 10.1. The first-order chi connectivity index (χ1) is 13.8. The Morgan fingerprint density at radius 1 is 1.21 bits per heavy atom. The molecule has 0 saturated heterocycles.